The van der Waals surface area contributed by atoms with Gasteiger partial charge in [0.15, 0.2) is 0 Å². The molecule has 3 aliphatic heterocycles. The van der Waals surface area contributed by atoms with Gasteiger partial charge in [0.2, 0.25) is 11.8 Å². The molecule has 356 valence electrons. The van der Waals surface area contributed by atoms with Crippen LogP contribution in [0.1, 0.15) is 121 Å². The summed E-state index contributed by atoms with van der Waals surface area (Å²) in [6, 6.07) is 11.1. The number of imidazole rings is 2. The molecule has 4 amide bonds. The van der Waals surface area contributed by atoms with Crippen molar-refractivity contribution in [1.29, 1.82) is 0 Å². The molecule has 9 rings (SSSR count). The molecule has 0 radical (unpaired) electrons. The number of alkyl halides is 2. The van der Waals surface area contributed by atoms with Crippen LogP contribution in [-0.2, 0) is 25.7 Å². The number of halogens is 2. The molecule has 6 atom stereocenters. The van der Waals surface area contributed by atoms with Crippen LogP contribution in [0.5, 0.6) is 5.75 Å². The van der Waals surface area contributed by atoms with Gasteiger partial charge < -0.3 is 44.6 Å². The van der Waals surface area contributed by atoms with Crippen LogP contribution in [0, 0.1) is 10.8 Å². The van der Waals surface area contributed by atoms with Crippen molar-refractivity contribution in [3.63, 3.8) is 0 Å². The summed E-state index contributed by atoms with van der Waals surface area (Å²) < 4.78 is 44.8. The molecule has 1 saturated carbocycles. The molecule has 67 heavy (non-hydrogen) atoms. The standard InChI is InChI=1S/C50H60F2N8O7/c1-25-9-17-35(59(25)45(61)41(49(3,4)23-51)57-47(63)65-7)43-53-34-16-14-28-20-33-31-15-13-29(19-30(31)22-67-37(33)21-32(28)40(34)56-43)39-38(27-11-12-27)54-44(55-39)36-18-10-26(2)60(36)46(62)42(50(5,6)24-52)58-48(64)66-8/h13-16,19-21,25-27,35-36,41-42H,9-12,17-18,22-24H2,1-8H3,(H,53,56)(H,54,55)(H,57,63)(H,58,64)/t25-,26-,35-,36-,41+,42+/m0/s1. The largest absolute Gasteiger partial charge is 0.488 e. The quantitative estimate of drug-likeness (QED) is 0.0948. The first-order chi connectivity index (χ1) is 32.0. The SMILES string of the molecule is COC(=O)N[C@H](C(=O)N1[C@@H](C)CC[C@H]1c1nc(-c2ccc3c(c2)COc2cc4c(ccc5[nH]c([C@@H]6CC[C@H](C)N6C(=O)[C@@H](NC(=O)OC)C(C)(C)CF)nc54)cc2-3)c(C2CC2)[nH]1)C(C)(C)CF. The number of fused-ring (bicyclic) bond motifs is 6. The van der Waals surface area contributed by atoms with E-state index in [2.05, 4.69) is 44.9 Å². The molecule has 3 fully saturated rings. The smallest absolute Gasteiger partial charge is 0.407 e. The molecule has 0 unspecified atom stereocenters. The number of alkyl carbamates (subject to hydrolysis) is 2. The minimum atomic E-state index is -1.18. The summed E-state index contributed by atoms with van der Waals surface area (Å²) >= 11 is 0. The van der Waals surface area contributed by atoms with Gasteiger partial charge in [0.25, 0.3) is 0 Å². The third-order valence-electron chi connectivity index (χ3n) is 14.5. The summed E-state index contributed by atoms with van der Waals surface area (Å²) in [5, 5.41) is 7.05. The Morgan fingerprint density at radius 3 is 1.90 bits per heavy atom. The number of likely N-dealkylation sites (tertiary alicyclic amines) is 2. The van der Waals surface area contributed by atoms with Crippen LogP contribution < -0.4 is 15.4 Å². The molecular formula is C50H60F2N8O7. The van der Waals surface area contributed by atoms with Crippen LogP contribution in [-0.4, -0.2) is 105 Å². The van der Waals surface area contributed by atoms with Gasteiger partial charge in [0.05, 0.1) is 56.4 Å². The number of nitrogens with one attached hydrogen (secondary N) is 4. The van der Waals surface area contributed by atoms with Crippen LogP contribution in [0.4, 0.5) is 18.4 Å². The van der Waals surface area contributed by atoms with Gasteiger partial charge in [-0.2, -0.15) is 0 Å². The van der Waals surface area contributed by atoms with Gasteiger partial charge in [-0.25, -0.2) is 19.6 Å². The van der Waals surface area contributed by atoms with Crippen molar-refractivity contribution >= 4 is 45.8 Å². The van der Waals surface area contributed by atoms with E-state index in [0.717, 1.165) is 80.5 Å². The monoisotopic (exact) mass is 922 g/mol. The number of carbonyl (C=O) groups is 4. The summed E-state index contributed by atoms with van der Waals surface area (Å²) in [5.41, 5.74) is 4.97. The number of carbonyl (C=O) groups excluding carboxylic acids is 4. The van der Waals surface area contributed by atoms with E-state index in [9.17, 15) is 28.0 Å². The molecule has 4 N–H and O–H groups in total. The number of H-pyrrole nitrogens is 2. The van der Waals surface area contributed by atoms with Gasteiger partial charge in [0.1, 0.15) is 36.1 Å². The van der Waals surface area contributed by atoms with Crippen LogP contribution in [0.3, 0.4) is 0 Å². The van der Waals surface area contributed by atoms with Gasteiger partial charge in [0, 0.05) is 51.0 Å². The van der Waals surface area contributed by atoms with Crippen LogP contribution in [0.2, 0.25) is 0 Å². The minimum absolute atomic E-state index is 0.161. The fourth-order valence-electron chi connectivity index (χ4n) is 10.3. The number of methoxy groups -OCH3 is 2. The van der Waals surface area contributed by atoms with Gasteiger partial charge in [-0.15, -0.1) is 0 Å². The van der Waals surface area contributed by atoms with E-state index in [0.29, 0.717) is 43.4 Å². The lowest BCUT2D eigenvalue weighted by Gasteiger charge is -2.37. The lowest BCUT2D eigenvalue weighted by molar-refractivity contribution is -0.140. The highest BCUT2D eigenvalue weighted by atomic mass is 19.1. The molecular weight excluding hydrogens is 863 g/mol. The molecule has 17 heteroatoms. The number of benzene rings is 3. The van der Waals surface area contributed by atoms with Crippen molar-refractivity contribution in [2.24, 2.45) is 10.8 Å². The van der Waals surface area contributed by atoms with Crippen molar-refractivity contribution < 1.29 is 42.2 Å². The maximum absolute atomic E-state index is 14.4. The Morgan fingerprint density at radius 2 is 1.34 bits per heavy atom. The van der Waals surface area contributed by atoms with E-state index in [1.54, 1.807) is 37.5 Å². The fraction of sp³-hybridized carbons (Fsp3) is 0.520. The van der Waals surface area contributed by atoms with E-state index >= 15 is 0 Å². The third kappa shape index (κ3) is 8.21. The molecule has 0 spiro atoms. The van der Waals surface area contributed by atoms with Gasteiger partial charge in [-0.1, -0.05) is 45.9 Å². The number of amides is 4. The highest BCUT2D eigenvalue weighted by Crippen LogP contribution is 2.48. The third-order valence-corrected chi connectivity index (χ3v) is 14.5. The lowest BCUT2D eigenvalue weighted by atomic mass is 9.84. The predicted molar refractivity (Wildman–Crippen MR) is 248 cm³/mol. The summed E-state index contributed by atoms with van der Waals surface area (Å²) in [6.45, 7) is 9.06. The van der Waals surface area contributed by atoms with E-state index in [1.807, 2.05) is 32.0 Å². The summed E-state index contributed by atoms with van der Waals surface area (Å²) in [7, 11) is 2.43. The molecule has 5 aromatic rings. The number of hydrogen-bond donors (Lipinski definition) is 4. The van der Waals surface area contributed by atoms with E-state index < -0.39 is 66.4 Å². The maximum Gasteiger partial charge on any atom is 0.407 e. The van der Waals surface area contributed by atoms with E-state index in [1.165, 1.54) is 14.2 Å². The number of aromatic nitrogens is 4. The van der Waals surface area contributed by atoms with Crippen molar-refractivity contribution in [2.45, 2.75) is 129 Å². The van der Waals surface area contributed by atoms with Crippen molar-refractivity contribution in [1.82, 2.24) is 40.4 Å². The second-order valence-corrected chi connectivity index (χ2v) is 20.2. The number of ether oxygens (including phenoxy) is 3. The first-order valence-electron chi connectivity index (χ1n) is 23.3. The van der Waals surface area contributed by atoms with Gasteiger partial charge in [-0.3, -0.25) is 18.4 Å². The predicted octanol–water partition coefficient (Wildman–Crippen LogP) is 9.09. The average molecular weight is 923 g/mol. The molecule has 4 aliphatic rings. The molecule has 5 heterocycles. The first kappa shape index (κ1) is 45.9. The zero-order chi connectivity index (χ0) is 47.7. The second-order valence-electron chi connectivity index (χ2n) is 20.2. The number of nitrogens with zero attached hydrogens (tertiary/aromatic N) is 4. The van der Waals surface area contributed by atoms with Crippen molar-refractivity contribution in [2.75, 3.05) is 27.6 Å². The zero-order valence-corrected chi connectivity index (χ0v) is 39.3. The van der Waals surface area contributed by atoms with E-state index in [4.69, 9.17) is 24.2 Å². The van der Waals surface area contributed by atoms with Gasteiger partial charge in [-0.05, 0) is 93.2 Å². The minimum Gasteiger partial charge on any atom is -0.488 e. The lowest BCUT2D eigenvalue weighted by Crippen LogP contribution is -2.57. The molecule has 2 aromatic heterocycles. The number of rotatable bonds is 12. The Morgan fingerprint density at radius 1 is 0.761 bits per heavy atom. The Bertz CT molecular complexity index is 2760. The Hall–Kier alpha value is -6.26. The average Bonchev–Trinajstić information content (AvgIpc) is 3.59. The molecule has 3 aromatic carbocycles. The number of hydrogen-bond acceptors (Lipinski definition) is 9. The summed E-state index contributed by atoms with van der Waals surface area (Å²) in [5.74, 6) is 1.55. The Kier molecular flexibility index (Phi) is 11.9. The molecule has 15 nitrogen and oxygen atoms in total. The highest BCUT2D eigenvalue weighted by molar-refractivity contribution is 6.07. The summed E-state index contributed by atoms with van der Waals surface area (Å²) in [4.78, 5) is 74.1. The first-order valence-corrected chi connectivity index (χ1v) is 23.3. The van der Waals surface area contributed by atoms with Crippen LogP contribution in [0.15, 0.2) is 42.5 Å². The second kappa shape index (κ2) is 17.4. The van der Waals surface area contributed by atoms with Crippen LogP contribution in [0.25, 0.3) is 44.2 Å². The molecule has 2 saturated heterocycles. The van der Waals surface area contributed by atoms with Crippen molar-refractivity contribution in [3.05, 3.63) is 65.4 Å². The normalized spacial score (nSPS) is 21.4. The topological polar surface area (TPSA) is 184 Å². The highest BCUT2D eigenvalue weighted by Gasteiger charge is 2.48. The fourth-order valence-corrected chi connectivity index (χ4v) is 10.3. The zero-order valence-electron chi connectivity index (χ0n) is 39.3. The summed E-state index contributed by atoms with van der Waals surface area (Å²) in [6.07, 6.45) is 3.18. The van der Waals surface area contributed by atoms with E-state index in [-0.39, 0.29) is 18.0 Å². The van der Waals surface area contributed by atoms with Gasteiger partial charge >= 0.3 is 12.2 Å². The molecule has 1 aliphatic carbocycles. The Labute approximate surface area is 388 Å². The number of aromatic amines is 2. The Balaban J connectivity index is 1.01. The molecule has 0 bridgehead atoms. The maximum atomic E-state index is 14.4. The van der Waals surface area contributed by atoms with Crippen molar-refractivity contribution in [3.8, 4) is 28.1 Å². The van der Waals surface area contributed by atoms with Crippen LogP contribution >= 0.6 is 0 Å².